The van der Waals surface area contributed by atoms with Crippen molar-refractivity contribution in [3.05, 3.63) is 0 Å². The van der Waals surface area contributed by atoms with Gasteiger partial charge in [0.2, 0.25) is 0 Å². The Morgan fingerprint density at radius 2 is 1.61 bits per heavy atom. The third-order valence-electron chi connectivity index (χ3n) is 3.31. The molecule has 0 aliphatic carbocycles. The Hall–Kier alpha value is -1.59. The van der Waals surface area contributed by atoms with E-state index in [1.807, 2.05) is 0 Å². The number of esters is 1. The summed E-state index contributed by atoms with van der Waals surface area (Å²) < 4.78 is 19.5. The Labute approximate surface area is 137 Å². The summed E-state index contributed by atoms with van der Waals surface area (Å²) in [6.45, 7) is 9.09. The molecule has 23 heavy (non-hydrogen) atoms. The van der Waals surface area contributed by atoms with Crippen molar-refractivity contribution in [1.82, 2.24) is 0 Å². The maximum Gasteiger partial charge on any atom is 0.306 e. The zero-order valence-electron chi connectivity index (χ0n) is 14.8. The van der Waals surface area contributed by atoms with Gasteiger partial charge in [0.05, 0.1) is 5.92 Å². The lowest BCUT2D eigenvalue weighted by atomic mass is 9.86. The number of carbonyl (C=O) groups is 4. The number of alkyl halides is 1. The van der Waals surface area contributed by atoms with Crippen LogP contribution in [-0.4, -0.2) is 35.1 Å². The predicted molar refractivity (Wildman–Crippen MR) is 83.6 cm³/mol. The molecule has 0 rings (SSSR count). The predicted octanol–water partition coefficient (Wildman–Crippen LogP) is 2.84. The third kappa shape index (κ3) is 8.57. The summed E-state index contributed by atoms with van der Waals surface area (Å²) in [5, 5.41) is 0. The fourth-order valence-electron chi connectivity index (χ4n) is 2.22. The summed E-state index contributed by atoms with van der Waals surface area (Å²) in [6.07, 6.45) is -2.31. The molecule has 0 aromatic heterocycles. The molecule has 0 N–H and O–H groups in total. The van der Waals surface area contributed by atoms with Gasteiger partial charge in [0.25, 0.3) is 0 Å². The first-order valence-electron chi connectivity index (χ1n) is 7.74. The number of rotatable bonds is 9. The van der Waals surface area contributed by atoms with Gasteiger partial charge in [-0.25, -0.2) is 4.39 Å². The topological polar surface area (TPSA) is 77.5 Å². The minimum absolute atomic E-state index is 0.0596. The molecule has 3 atom stereocenters. The van der Waals surface area contributed by atoms with Gasteiger partial charge in [0, 0.05) is 18.8 Å². The van der Waals surface area contributed by atoms with Gasteiger partial charge >= 0.3 is 5.97 Å². The molecule has 6 heteroatoms. The van der Waals surface area contributed by atoms with Crippen molar-refractivity contribution in [2.24, 2.45) is 11.8 Å². The zero-order valence-corrected chi connectivity index (χ0v) is 14.8. The number of ether oxygens (including phenoxy) is 1. The average Bonchev–Trinajstić information content (AvgIpc) is 2.34. The van der Waals surface area contributed by atoms with E-state index in [1.54, 1.807) is 20.8 Å². The highest BCUT2D eigenvalue weighted by atomic mass is 19.1. The van der Waals surface area contributed by atoms with Crippen molar-refractivity contribution in [2.75, 3.05) is 0 Å². The van der Waals surface area contributed by atoms with Crippen molar-refractivity contribution in [3.63, 3.8) is 0 Å². The fourth-order valence-corrected chi connectivity index (χ4v) is 2.22. The van der Waals surface area contributed by atoms with Crippen LogP contribution in [0.3, 0.4) is 0 Å². The highest BCUT2D eigenvalue weighted by molar-refractivity contribution is 5.94. The van der Waals surface area contributed by atoms with Crippen LogP contribution in [0.2, 0.25) is 0 Å². The molecule has 0 aliphatic heterocycles. The molecule has 0 amide bonds. The molecule has 0 radical (unpaired) electrons. The third-order valence-corrected chi connectivity index (χ3v) is 3.31. The second-order valence-corrected chi connectivity index (χ2v) is 6.95. The molecule has 0 bridgehead atoms. The van der Waals surface area contributed by atoms with Gasteiger partial charge in [-0.2, -0.15) is 0 Å². The summed E-state index contributed by atoms with van der Waals surface area (Å²) >= 11 is 0. The molecular formula is C17H27FO5. The first kappa shape index (κ1) is 21.4. The number of halogens is 1. The minimum atomic E-state index is -2.01. The Morgan fingerprint density at radius 3 is 2.00 bits per heavy atom. The molecule has 0 saturated carbocycles. The van der Waals surface area contributed by atoms with E-state index in [9.17, 15) is 23.6 Å². The van der Waals surface area contributed by atoms with Crippen molar-refractivity contribution in [2.45, 2.75) is 72.6 Å². The summed E-state index contributed by atoms with van der Waals surface area (Å²) in [5.41, 5.74) is -0.663. The van der Waals surface area contributed by atoms with Crippen LogP contribution < -0.4 is 0 Å². The Kier molecular flexibility index (Phi) is 8.28. The lowest BCUT2D eigenvalue weighted by Gasteiger charge is -2.22. The van der Waals surface area contributed by atoms with Gasteiger partial charge < -0.3 is 9.53 Å². The molecule has 0 aliphatic rings. The highest BCUT2D eigenvalue weighted by Crippen LogP contribution is 2.22. The SMILES string of the molecule is CC(=O)C[C@@H](C)C(=O)[C@@H](F)[C@@H](CCC(=O)OC(C)(C)C)C(C)=O. The smallest absolute Gasteiger partial charge is 0.306 e. The lowest BCUT2D eigenvalue weighted by Crippen LogP contribution is -2.35. The van der Waals surface area contributed by atoms with Crippen molar-refractivity contribution >= 4 is 23.3 Å². The summed E-state index contributed by atoms with van der Waals surface area (Å²) in [5.74, 6) is -4.00. The number of ketones is 3. The molecule has 0 saturated heterocycles. The van der Waals surface area contributed by atoms with Crippen LogP contribution >= 0.6 is 0 Å². The van der Waals surface area contributed by atoms with E-state index in [1.165, 1.54) is 20.8 Å². The van der Waals surface area contributed by atoms with Gasteiger partial charge in [-0.1, -0.05) is 6.92 Å². The van der Waals surface area contributed by atoms with E-state index in [-0.39, 0.29) is 25.0 Å². The zero-order chi connectivity index (χ0) is 18.4. The van der Waals surface area contributed by atoms with Gasteiger partial charge in [-0.05, 0) is 41.0 Å². The van der Waals surface area contributed by atoms with E-state index in [0.29, 0.717) is 0 Å². The molecule has 0 aromatic rings. The number of hydrogen-bond acceptors (Lipinski definition) is 5. The largest absolute Gasteiger partial charge is 0.460 e. The van der Waals surface area contributed by atoms with E-state index in [2.05, 4.69) is 0 Å². The summed E-state index contributed by atoms with van der Waals surface area (Å²) in [6, 6.07) is 0. The number of carbonyl (C=O) groups excluding carboxylic acids is 4. The lowest BCUT2D eigenvalue weighted by molar-refractivity contribution is -0.155. The van der Waals surface area contributed by atoms with Crippen LogP contribution in [0.5, 0.6) is 0 Å². The Bertz CT molecular complexity index is 464. The summed E-state index contributed by atoms with van der Waals surface area (Å²) in [4.78, 5) is 46.3. The van der Waals surface area contributed by atoms with Crippen LogP contribution in [-0.2, 0) is 23.9 Å². The van der Waals surface area contributed by atoms with E-state index in [4.69, 9.17) is 4.74 Å². The van der Waals surface area contributed by atoms with E-state index >= 15 is 0 Å². The Balaban J connectivity index is 4.79. The molecule has 0 aromatic carbocycles. The van der Waals surface area contributed by atoms with Crippen molar-refractivity contribution in [1.29, 1.82) is 0 Å². The molecule has 0 spiro atoms. The van der Waals surface area contributed by atoms with Gasteiger partial charge in [-0.15, -0.1) is 0 Å². The first-order valence-corrected chi connectivity index (χ1v) is 7.74. The number of hydrogen-bond donors (Lipinski definition) is 0. The normalized spacial score (nSPS) is 15.4. The molecular weight excluding hydrogens is 303 g/mol. The average molecular weight is 330 g/mol. The Morgan fingerprint density at radius 1 is 1.09 bits per heavy atom. The molecule has 0 unspecified atom stereocenters. The van der Waals surface area contributed by atoms with Gasteiger partial charge in [-0.3, -0.25) is 14.4 Å². The second kappa shape index (κ2) is 8.89. The molecule has 132 valence electrons. The monoisotopic (exact) mass is 330 g/mol. The fraction of sp³-hybridized carbons (Fsp3) is 0.765. The van der Waals surface area contributed by atoms with E-state index < -0.39 is 41.1 Å². The van der Waals surface area contributed by atoms with Crippen molar-refractivity contribution < 1.29 is 28.3 Å². The minimum Gasteiger partial charge on any atom is -0.460 e. The standard InChI is InChI=1S/C17H27FO5/c1-10(9-11(2)19)16(22)15(18)13(12(3)20)7-8-14(21)23-17(4,5)6/h10,13,15H,7-9H2,1-6H3/t10-,13+,15+/m1/s1. The summed E-state index contributed by atoms with van der Waals surface area (Å²) in [7, 11) is 0. The first-order chi connectivity index (χ1) is 10.3. The second-order valence-electron chi connectivity index (χ2n) is 6.95. The molecule has 0 heterocycles. The van der Waals surface area contributed by atoms with Crippen LogP contribution in [0.15, 0.2) is 0 Å². The maximum absolute atomic E-state index is 14.4. The highest BCUT2D eigenvalue weighted by Gasteiger charge is 2.35. The van der Waals surface area contributed by atoms with Crippen LogP contribution in [0.1, 0.15) is 60.8 Å². The number of Topliss-reactive ketones (excluding diaryl/α,β-unsaturated/α-hetero) is 3. The van der Waals surface area contributed by atoms with Crippen LogP contribution in [0.25, 0.3) is 0 Å². The maximum atomic E-state index is 14.4. The quantitative estimate of drug-likeness (QED) is 0.608. The van der Waals surface area contributed by atoms with E-state index in [0.717, 1.165) is 0 Å². The van der Waals surface area contributed by atoms with Gasteiger partial charge in [0.1, 0.15) is 17.2 Å². The van der Waals surface area contributed by atoms with Gasteiger partial charge in [0.15, 0.2) is 12.0 Å². The molecule has 5 nitrogen and oxygen atoms in total. The van der Waals surface area contributed by atoms with Crippen LogP contribution in [0, 0.1) is 11.8 Å². The van der Waals surface area contributed by atoms with Crippen molar-refractivity contribution in [3.8, 4) is 0 Å². The molecule has 0 fully saturated rings. The van der Waals surface area contributed by atoms with Crippen LogP contribution in [0.4, 0.5) is 4.39 Å².